The van der Waals surface area contributed by atoms with E-state index >= 15 is 0 Å². The minimum absolute atomic E-state index is 0.0277. The summed E-state index contributed by atoms with van der Waals surface area (Å²) in [5.41, 5.74) is 5.80. The topological polar surface area (TPSA) is 120 Å². The molecule has 1 aliphatic carbocycles. The molecule has 4 rings (SSSR count). The van der Waals surface area contributed by atoms with Gasteiger partial charge in [-0.25, -0.2) is 4.99 Å². The maximum Gasteiger partial charge on any atom is 0.416 e. The van der Waals surface area contributed by atoms with Gasteiger partial charge in [0.05, 0.1) is 30.8 Å². The number of alkyl halides is 6. The molecule has 0 unspecified atom stereocenters. The molecule has 0 radical (unpaired) electrons. The smallest absolute Gasteiger partial charge is 0.416 e. The lowest BCUT2D eigenvalue weighted by molar-refractivity contribution is -0.143. The first-order valence-electron chi connectivity index (χ1n) is 14.7. The van der Waals surface area contributed by atoms with Crippen LogP contribution in [0.15, 0.2) is 77.8 Å². The number of halogens is 6. The molecule has 5 N–H and O–H groups in total. The van der Waals surface area contributed by atoms with Crippen LogP contribution < -0.4 is 21.3 Å². The Balaban J connectivity index is 1.70. The van der Waals surface area contributed by atoms with Crippen molar-refractivity contribution in [3.8, 4) is 0 Å². The van der Waals surface area contributed by atoms with Crippen LogP contribution >= 0.6 is 0 Å². The van der Waals surface area contributed by atoms with E-state index in [1.165, 1.54) is 17.7 Å². The number of rotatable bonds is 10. The molecule has 0 heterocycles. The number of hydrogen-bond acceptors (Lipinski definition) is 4. The molecule has 250 valence electrons. The van der Waals surface area contributed by atoms with Crippen LogP contribution in [-0.2, 0) is 23.7 Å². The van der Waals surface area contributed by atoms with Gasteiger partial charge in [0.15, 0.2) is 0 Å². The Kier molecular flexibility index (Phi) is 11.3. The molecule has 0 atom stereocenters. The van der Waals surface area contributed by atoms with Crippen LogP contribution in [0.5, 0.6) is 0 Å². The minimum atomic E-state index is -5.05. The standard InChI is InChI=1S/C33H33F6N5O3/c34-32(35,36)25-16-26(33(37,38)39)18-27(17-25)43-31(42-20-40)44(28-12-10-23(11-13-28)22-4-2-1-3-5-22)19-21-6-8-24(9-7-21)30(47)41-15-14-29(45)46/h4,6-13,16-18H,1-3,5,14-15,19-20,40H2,(H,41,47)(H,42,43)(H,45,46). The number of aliphatic imine (C=N–C) groups is 1. The van der Waals surface area contributed by atoms with Gasteiger partial charge >= 0.3 is 18.3 Å². The first kappa shape index (κ1) is 35.0. The number of carbonyl (C=O) groups is 2. The van der Waals surface area contributed by atoms with Gasteiger partial charge in [-0.05, 0) is 84.8 Å². The summed E-state index contributed by atoms with van der Waals surface area (Å²) in [7, 11) is 0. The van der Waals surface area contributed by atoms with Gasteiger partial charge < -0.3 is 26.4 Å². The first-order valence-corrected chi connectivity index (χ1v) is 14.7. The summed E-state index contributed by atoms with van der Waals surface area (Å²) in [6.45, 7) is -0.378. The molecule has 47 heavy (non-hydrogen) atoms. The second-order valence-corrected chi connectivity index (χ2v) is 10.8. The number of nitrogens with one attached hydrogen (secondary N) is 2. The Morgan fingerprint density at radius 1 is 0.894 bits per heavy atom. The monoisotopic (exact) mass is 661 g/mol. The van der Waals surface area contributed by atoms with Gasteiger partial charge in [0.25, 0.3) is 5.91 Å². The Bertz CT molecular complexity index is 1590. The predicted molar refractivity (Wildman–Crippen MR) is 167 cm³/mol. The fourth-order valence-electron chi connectivity index (χ4n) is 5.01. The van der Waals surface area contributed by atoms with E-state index in [4.69, 9.17) is 10.8 Å². The number of aliphatic carboxylic acids is 1. The lowest BCUT2D eigenvalue weighted by atomic mass is 9.93. The maximum absolute atomic E-state index is 13.6. The highest BCUT2D eigenvalue weighted by Gasteiger charge is 2.37. The highest BCUT2D eigenvalue weighted by Crippen LogP contribution is 2.38. The number of carbonyl (C=O) groups excluding carboxylic acids is 1. The van der Waals surface area contributed by atoms with E-state index in [1.807, 2.05) is 12.1 Å². The number of hydrogen-bond donors (Lipinski definition) is 4. The molecule has 0 saturated carbocycles. The van der Waals surface area contributed by atoms with Gasteiger partial charge in [0, 0.05) is 23.5 Å². The quantitative estimate of drug-likeness (QED) is 0.103. The number of carboxylic acids is 1. The van der Waals surface area contributed by atoms with Crippen molar-refractivity contribution in [1.82, 2.24) is 5.32 Å². The first-order chi connectivity index (χ1) is 22.2. The Morgan fingerprint density at radius 3 is 2.06 bits per heavy atom. The molecule has 0 bridgehead atoms. The zero-order valence-corrected chi connectivity index (χ0v) is 25.1. The largest absolute Gasteiger partial charge is 0.481 e. The van der Waals surface area contributed by atoms with E-state index in [1.54, 1.807) is 29.2 Å². The Morgan fingerprint density at radius 2 is 1.53 bits per heavy atom. The van der Waals surface area contributed by atoms with Crippen molar-refractivity contribution in [3.05, 3.63) is 101 Å². The molecule has 3 aromatic rings. The number of benzene rings is 3. The molecular weight excluding hydrogens is 628 g/mol. The average molecular weight is 662 g/mol. The van der Waals surface area contributed by atoms with Crippen LogP contribution in [0.1, 0.15) is 64.7 Å². The van der Waals surface area contributed by atoms with Gasteiger partial charge in [-0.15, -0.1) is 0 Å². The maximum atomic E-state index is 13.6. The third kappa shape index (κ3) is 9.82. The van der Waals surface area contributed by atoms with Crippen LogP contribution in [-0.4, -0.2) is 36.2 Å². The van der Waals surface area contributed by atoms with E-state index in [0.717, 1.165) is 31.2 Å². The van der Waals surface area contributed by atoms with Gasteiger partial charge in [-0.3, -0.25) is 9.59 Å². The summed E-state index contributed by atoms with van der Waals surface area (Å²) in [4.78, 5) is 28.9. The summed E-state index contributed by atoms with van der Waals surface area (Å²) in [5, 5.41) is 13.9. The highest BCUT2D eigenvalue weighted by molar-refractivity contribution is 6.05. The second-order valence-electron chi connectivity index (χ2n) is 10.8. The van der Waals surface area contributed by atoms with E-state index in [0.29, 0.717) is 23.4 Å². The molecule has 0 saturated heterocycles. The van der Waals surface area contributed by atoms with Gasteiger partial charge in [0.2, 0.25) is 5.96 Å². The van der Waals surface area contributed by atoms with Crippen molar-refractivity contribution >= 4 is 34.8 Å². The molecule has 0 fully saturated rings. The summed E-state index contributed by atoms with van der Waals surface area (Å²) in [5.74, 6) is -1.66. The predicted octanol–water partition coefficient (Wildman–Crippen LogP) is 7.28. The lowest BCUT2D eigenvalue weighted by Crippen LogP contribution is -2.37. The number of carboxylic acid groups (broad SMARTS) is 1. The van der Waals surface area contributed by atoms with E-state index < -0.39 is 41.0 Å². The summed E-state index contributed by atoms with van der Waals surface area (Å²) in [6.07, 6.45) is -4.13. The van der Waals surface area contributed by atoms with Crippen LogP contribution in [0, 0.1) is 0 Å². The van der Waals surface area contributed by atoms with Crippen molar-refractivity contribution < 1.29 is 41.0 Å². The molecule has 1 amide bonds. The third-order valence-electron chi connectivity index (χ3n) is 7.36. The number of nitrogens with zero attached hydrogens (tertiary/aromatic N) is 2. The van der Waals surface area contributed by atoms with Crippen LogP contribution in [0.4, 0.5) is 37.7 Å². The highest BCUT2D eigenvalue weighted by atomic mass is 19.4. The number of guanidine groups is 1. The second kappa shape index (κ2) is 15.2. The minimum Gasteiger partial charge on any atom is -0.481 e. The van der Waals surface area contributed by atoms with Crippen molar-refractivity contribution in [1.29, 1.82) is 0 Å². The van der Waals surface area contributed by atoms with E-state index in [9.17, 15) is 35.9 Å². The molecule has 0 aromatic heterocycles. The molecule has 14 heteroatoms. The zero-order chi connectivity index (χ0) is 34.2. The van der Waals surface area contributed by atoms with Crippen LogP contribution in [0.2, 0.25) is 0 Å². The summed E-state index contributed by atoms with van der Waals surface area (Å²) in [6, 6.07) is 14.7. The molecule has 1 aliphatic rings. The third-order valence-corrected chi connectivity index (χ3v) is 7.36. The van der Waals surface area contributed by atoms with E-state index in [2.05, 4.69) is 21.7 Å². The summed E-state index contributed by atoms with van der Waals surface area (Å²) >= 11 is 0. The summed E-state index contributed by atoms with van der Waals surface area (Å²) < 4.78 is 81.6. The molecule has 8 nitrogen and oxygen atoms in total. The number of nitrogens with two attached hydrogens (primary N) is 1. The molecule has 0 spiro atoms. The van der Waals surface area contributed by atoms with Crippen molar-refractivity contribution in [2.24, 2.45) is 10.7 Å². The van der Waals surface area contributed by atoms with E-state index in [-0.39, 0.29) is 43.8 Å². The molecule has 3 aromatic carbocycles. The fourth-order valence-corrected chi connectivity index (χ4v) is 5.01. The normalized spacial score (nSPS) is 13.9. The van der Waals surface area contributed by atoms with Crippen LogP contribution in [0.25, 0.3) is 5.57 Å². The van der Waals surface area contributed by atoms with Gasteiger partial charge in [-0.1, -0.05) is 30.3 Å². The number of anilines is 2. The van der Waals surface area contributed by atoms with Gasteiger partial charge in [-0.2, -0.15) is 26.3 Å². The van der Waals surface area contributed by atoms with Crippen molar-refractivity contribution in [3.63, 3.8) is 0 Å². The fraction of sp³-hybridized carbons (Fsp3) is 0.303. The van der Waals surface area contributed by atoms with Crippen molar-refractivity contribution in [2.45, 2.75) is 51.0 Å². The van der Waals surface area contributed by atoms with Crippen molar-refractivity contribution in [2.75, 3.05) is 23.4 Å². The molecular formula is C33H33F6N5O3. The SMILES string of the molecule is NC/N=C(/Nc1cc(C(F)(F)F)cc(C(F)(F)F)c1)N(Cc1ccc(C(=O)NCCC(=O)O)cc1)c1ccc(C2=CCCCC2)cc1. The number of amides is 1. The number of allylic oxidation sites excluding steroid dienone is 2. The lowest BCUT2D eigenvalue weighted by Gasteiger charge is -2.28. The average Bonchev–Trinajstić information content (AvgIpc) is 3.03. The zero-order valence-electron chi connectivity index (χ0n) is 25.1. The van der Waals surface area contributed by atoms with Crippen LogP contribution in [0.3, 0.4) is 0 Å². The Labute approximate surface area is 267 Å². The van der Waals surface area contributed by atoms with Gasteiger partial charge in [0.1, 0.15) is 0 Å². The molecule has 0 aliphatic heterocycles. The Hall–Kier alpha value is -4.85.